The first-order valence-corrected chi connectivity index (χ1v) is 9.81. The van der Waals surface area contributed by atoms with Gasteiger partial charge in [0.25, 0.3) is 5.91 Å². The van der Waals surface area contributed by atoms with Crippen molar-refractivity contribution < 1.29 is 26.7 Å². The molecule has 160 valence electrons. The molecule has 0 spiro atoms. The highest BCUT2D eigenvalue weighted by atomic mass is 35.5. The molecule has 2 N–H and O–H groups in total. The van der Waals surface area contributed by atoms with Gasteiger partial charge in [0.2, 0.25) is 0 Å². The third-order valence-corrected chi connectivity index (χ3v) is 3.94. The third-order valence-electron chi connectivity index (χ3n) is 3.94. The molecule has 0 heterocycles. The smallest absolute Gasteiger partial charge is 0.258 e. The van der Waals surface area contributed by atoms with Gasteiger partial charge in [0, 0.05) is 12.1 Å². The summed E-state index contributed by atoms with van der Waals surface area (Å²) in [5, 5.41) is 6.34. The summed E-state index contributed by atoms with van der Waals surface area (Å²) >= 11 is 0. The van der Waals surface area contributed by atoms with Crippen LogP contribution in [0.5, 0.6) is 11.5 Å². The SMILES string of the molecule is CCOc1cc(CNCCc2ccccc2)ccc1OCC(=O)NC(C)(C)C.[Cl-]. The lowest BCUT2D eigenvalue weighted by Gasteiger charge is -2.21. The summed E-state index contributed by atoms with van der Waals surface area (Å²) in [6, 6.07) is 16.2. The maximum Gasteiger partial charge on any atom is 0.258 e. The first kappa shape index (κ1) is 24.8. The maximum atomic E-state index is 12.0. The van der Waals surface area contributed by atoms with Crippen LogP contribution in [0.1, 0.15) is 38.8 Å². The molecule has 0 atom stereocenters. The molecule has 0 fully saturated rings. The van der Waals surface area contributed by atoms with Gasteiger partial charge in [0.15, 0.2) is 18.1 Å². The van der Waals surface area contributed by atoms with Gasteiger partial charge in [0.05, 0.1) is 6.61 Å². The highest BCUT2D eigenvalue weighted by Gasteiger charge is 2.15. The van der Waals surface area contributed by atoms with Crippen LogP contribution in [-0.4, -0.2) is 31.2 Å². The van der Waals surface area contributed by atoms with Crippen LogP contribution in [0.2, 0.25) is 0 Å². The summed E-state index contributed by atoms with van der Waals surface area (Å²) in [5.74, 6) is 1.09. The van der Waals surface area contributed by atoms with Crippen molar-refractivity contribution in [2.75, 3.05) is 19.8 Å². The Bertz CT molecular complexity index is 746. The number of ether oxygens (including phenoxy) is 2. The van der Waals surface area contributed by atoms with Crippen LogP contribution >= 0.6 is 0 Å². The average Bonchev–Trinajstić information content (AvgIpc) is 2.64. The fraction of sp³-hybridized carbons (Fsp3) is 0.435. The Labute approximate surface area is 180 Å². The molecule has 0 saturated carbocycles. The summed E-state index contributed by atoms with van der Waals surface area (Å²) in [5.41, 5.74) is 2.16. The van der Waals surface area contributed by atoms with Crippen LogP contribution < -0.4 is 32.5 Å². The Hall–Kier alpha value is -2.24. The monoisotopic (exact) mass is 419 g/mol. The second-order valence-corrected chi connectivity index (χ2v) is 7.71. The second kappa shape index (κ2) is 12.3. The van der Waals surface area contributed by atoms with Gasteiger partial charge in [-0.1, -0.05) is 36.4 Å². The molecule has 29 heavy (non-hydrogen) atoms. The summed E-state index contributed by atoms with van der Waals surface area (Å²) in [4.78, 5) is 12.0. The number of nitrogens with one attached hydrogen (secondary N) is 2. The number of hydrogen-bond donors (Lipinski definition) is 2. The van der Waals surface area contributed by atoms with E-state index in [4.69, 9.17) is 9.47 Å². The van der Waals surface area contributed by atoms with Crippen molar-refractivity contribution in [3.8, 4) is 11.5 Å². The number of carbonyl (C=O) groups is 1. The van der Waals surface area contributed by atoms with Crippen molar-refractivity contribution in [2.45, 2.75) is 46.2 Å². The zero-order valence-electron chi connectivity index (χ0n) is 17.8. The van der Waals surface area contributed by atoms with Gasteiger partial charge in [-0.25, -0.2) is 0 Å². The standard InChI is InChI=1S/C23H32N2O3.ClH/c1-5-27-21-15-19(16-24-14-13-18-9-7-6-8-10-18)11-12-20(21)28-17-22(26)25-23(2,3)4;/h6-12,15,24H,5,13-14,16-17H2,1-4H3,(H,25,26);1H/p-1. The van der Waals surface area contributed by atoms with Crippen LogP contribution in [0.15, 0.2) is 48.5 Å². The zero-order chi connectivity index (χ0) is 20.4. The summed E-state index contributed by atoms with van der Waals surface area (Å²) in [6.07, 6.45) is 0.989. The molecule has 0 radical (unpaired) electrons. The number of rotatable bonds is 10. The number of amides is 1. The molecule has 5 nitrogen and oxygen atoms in total. The van der Waals surface area contributed by atoms with Crippen LogP contribution in [0, 0.1) is 0 Å². The maximum absolute atomic E-state index is 12.0. The molecule has 2 aromatic rings. The van der Waals surface area contributed by atoms with E-state index in [1.807, 2.05) is 52.0 Å². The van der Waals surface area contributed by atoms with E-state index in [-0.39, 0.29) is 30.5 Å². The molecule has 2 aromatic carbocycles. The molecule has 0 aliphatic rings. The lowest BCUT2D eigenvalue weighted by Crippen LogP contribution is -3.00. The van der Waals surface area contributed by atoms with Crippen LogP contribution in [0.4, 0.5) is 0 Å². The summed E-state index contributed by atoms with van der Waals surface area (Å²) < 4.78 is 11.4. The van der Waals surface area contributed by atoms with Crippen molar-refractivity contribution in [1.29, 1.82) is 0 Å². The first-order chi connectivity index (χ1) is 13.4. The predicted octanol–water partition coefficient (Wildman–Crippen LogP) is 0.715. The van der Waals surface area contributed by atoms with Gasteiger partial charge in [-0.05, 0) is 63.9 Å². The fourth-order valence-corrected chi connectivity index (χ4v) is 2.76. The Morgan fingerprint density at radius 3 is 2.34 bits per heavy atom. The minimum absolute atomic E-state index is 0. The van der Waals surface area contributed by atoms with Gasteiger partial charge >= 0.3 is 0 Å². The Balaban J connectivity index is 0.00000420. The van der Waals surface area contributed by atoms with Gasteiger partial charge in [0.1, 0.15) is 0 Å². The molecule has 0 aliphatic heterocycles. The van der Waals surface area contributed by atoms with Crippen LogP contribution in [0.25, 0.3) is 0 Å². The molecule has 6 heteroatoms. The lowest BCUT2D eigenvalue weighted by molar-refractivity contribution is -0.124. The molecule has 1 amide bonds. The molecular weight excluding hydrogens is 388 g/mol. The van der Waals surface area contributed by atoms with E-state index in [1.165, 1.54) is 5.56 Å². The van der Waals surface area contributed by atoms with Gasteiger partial charge in [-0.15, -0.1) is 0 Å². The highest BCUT2D eigenvalue weighted by Crippen LogP contribution is 2.28. The minimum atomic E-state index is -0.279. The van der Waals surface area contributed by atoms with E-state index in [0.717, 1.165) is 25.1 Å². The van der Waals surface area contributed by atoms with E-state index in [2.05, 4.69) is 34.9 Å². The predicted molar refractivity (Wildman–Crippen MR) is 113 cm³/mol. The zero-order valence-corrected chi connectivity index (χ0v) is 18.5. The Morgan fingerprint density at radius 2 is 1.69 bits per heavy atom. The van der Waals surface area contributed by atoms with E-state index in [9.17, 15) is 4.79 Å². The Kier molecular flexibility index (Phi) is 10.6. The van der Waals surface area contributed by atoms with Gasteiger partial charge in [-0.3, -0.25) is 4.79 Å². The molecule has 2 rings (SSSR count). The van der Waals surface area contributed by atoms with Crippen molar-refractivity contribution >= 4 is 5.91 Å². The molecule has 0 unspecified atom stereocenters. The highest BCUT2D eigenvalue weighted by molar-refractivity contribution is 5.78. The van der Waals surface area contributed by atoms with Crippen molar-refractivity contribution in [3.05, 3.63) is 59.7 Å². The average molecular weight is 420 g/mol. The second-order valence-electron chi connectivity index (χ2n) is 7.71. The number of halogens is 1. The molecule has 0 bridgehead atoms. The van der Waals surface area contributed by atoms with Gasteiger partial charge < -0.3 is 32.5 Å². The minimum Gasteiger partial charge on any atom is -1.00 e. The molecule has 0 saturated heterocycles. The lowest BCUT2D eigenvalue weighted by atomic mass is 10.1. The van der Waals surface area contributed by atoms with Gasteiger partial charge in [-0.2, -0.15) is 0 Å². The molecule has 0 aliphatic carbocycles. The van der Waals surface area contributed by atoms with Crippen molar-refractivity contribution in [2.24, 2.45) is 0 Å². The first-order valence-electron chi connectivity index (χ1n) is 9.81. The number of hydrogen-bond acceptors (Lipinski definition) is 4. The van der Waals surface area contributed by atoms with Crippen LogP contribution in [0.3, 0.4) is 0 Å². The topological polar surface area (TPSA) is 59.6 Å². The number of carbonyl (C=O) groups excluding carboxylic acids is 1. The summed E-state index contributed by atoms with van der Waals surface area (Å²) in [6.45, 7) is 9.90. The molecule has 0 aromatic heterocycles. The largest absolute Gasteiger partial charge is 1.00 e. The van der Waals surface area contributed by atoms with Crippen molar-refractivity contribution in [3.63, 3.8) is 0 Å². The van der Waals surface area contributed by atoms with Crippen molar-refractivity contribution in [1.82, 2.24) is 10.6 Å². The quantitative estimate of drug-likeness (QED) is 0.557. The number of benzene rings is 2. The normalized spacial score (nSPS) is 10.8. The Morgan fingerprint density at radius 1 is 0.966 bits per heavy atom. The van der Waals surface area contributed by atoms with E-state index >= 15 is 0 Å². The summed E-state index contributed by atoms with van der Waals surface area (Å²) in [7, 11) is 0. The third kappa shape index (κ3) is 9.68. The van der Waals surface area contributed by atoms with E-state index in [1.54, 1.807) is 0 Å². The molecular formula is C23H32ClN2O3-. The van der Waals surface area contributed by atoms with Crippen LogP contribution in [-0.2, 0) is 17.8 Å². The van der Waals surface area contributed by atoms with E-state index in [0.29, 0.717) is 18.1 Å². The van der Waals surface area contributed by atoms with E-state index < -0.39 is 0 Å². The fourth-order valence-electron chi connectivity index (χ4n) is 2.76.